The van der Waals surface area contributed by atoms with Gasteiger partial charge in [0, 0.05) is 18.7 Å². The third kappa shape index (κ3) is 5.59. The van der Waals surface area contributed by atoms with Crippen molar-refractivity contribution in [3.8, 4) is 5.75 Å². The van der Waals surface area contributed by atoms with Gasteiger partial charge in [0.2, 0.25) is 5.91 Å². The largest absolute Gasteiger partial charge is 0.495 e. The van der Waals surface area contributed by atoms with Crippen molar-refractivity contribution in [1.82, 2.24) is 0 Å². The van der Waals surface area contributed by atoms with Crippen molar-refractivity contribution in [2.24, 2.45) is 10.7 Å². The summed E-state index contributed by atoms with van der Waals surface area (Å²) in [5.74, 6) is 1.23. The van der Waals surface area contributed by atoms with Crippen LogP contribution in [0, 0.1) is 0 Å². The first kappa shape index (κ1) is 21.0. The number of aliphatic imine (C=N–C) groups is 1. The highest BCUT2D eigenvalue weighted by Crippen LogP contribution is 2.23. The van der Waals surface area contributed by atoms with E-state index in [1.165, 1.54) is 0 Å². The monoisotopic (exact) mass is 480 g/mol. The predicted octanol–water partition coefficient (Wildman–Crippen LogP) is 3.76. The molecule has 0 atom stereocenters. The van der Waals surface area contributed by atoms with Crippen LogP contribution in [0.2, 0.25) is 0 Å². The Morgan fingerprint density at radius 1 is 1.19 bits per heavy atom. The Labute approximate surface area is 176 Å². The van der Waals surface area contributed by atoms with E-state index in [1.54, 1.807) is 7.11 Å². The van der Waals surface area contributed by atoms with Gasteiger partial charge in [-0.1, -0.05) is 24.3 Å². The average Bonchev–Trinajstić information content (AvgIpc) is 2.68. The average molecular weight is 480 g/mol. The molecule has 2 aromatic rings. The molecule has 144 valence electrons. The molecule has 1 saturated heterocycles. The lowest BCUT2D eigenvalue weighted by molar-refractivity contribution is -0.119. The first-order valence-electron chi connectivity index (χ1n) is 8.76. The maximum atomic E-state index is 12.0. The van der Waals surface area contributed by atoms with Gasteiger partial charge in [0.25, 0.3) is 0 Å². The minimum Gasteiger partial charge on any atom is -0.495 e. The summed E-state index contributed by atoms with van der Waals surface area (Å²) < 4.78 is 5.28. The molecule has 27 heavy (non-hydrogen) atoms. The number of piperidine rings is 1. The summed E-state index contributed by atoms with van der Waals surface area (Å²) in [5.41, 5.74) is 8.72. The number of hydrogen-bond acceptors (Lipinski definition) is 3. The number of ether oxygens (including phenoxy) is 1. The minimum absolute atomic E-state index is 0. The second-order valence-electron chi connectivity index (χ2n) is 6.20. The maximum Gasteiger partial charge on any atom is 0.226 e. The molecule has 1 aliphatic heterocycles. The van der Waals surface area contributed by atoms with Crippen LogP contribution in [0.1, 0.15) is 24.8 Å². The number of rotatable bonds is 5. The van der Waals surface area contributed by atoms with Crippen molar-refractivity contribution < 1.29 is 9.53 Å². The Hall–Kier alpha value is -2.29. The predicted molar refractivity (Wildman–Crippen MR) is 120 cm³/mol. The van der Waals surface area contributed by atoms with E-state index < -0.39 is 0 Å². The Bertz CT molecular complexity index is 793. The van der Waals surface area contributed by atoms with Gasteiger partial charge in [0.05, 0.1) is 19.3 Å². The zero-order valence-corrected chi connectivity index (χ0v) is 17.7. The molecule has 0 aromatic heterocycles. The fraction of sp³-hybridized carbons (Fsp3) is 0.300. The number of nitrogens with two attached hydrogens (primary N) is 1. The molecule has 7 heteroatoms. The molecule has 1 fully saturated rings. The lowest BCUT2D eigenvalue weighted by Gasteiger charge is -2.26. The number of halogens is 1. The molecule has 0 spiro atoms. The van der Waals surface area contributed by atoms with E-state index in [1.807, 2.05) is 53.4 Å². The van der Waals surface area contributed by atoms with Crippen molar-refractivity contribution in [1.29, 1.82) is 0 Å². The van der Waals surface area contributed by atoms with Gasteiger partial charge >= 0.3 is 0 Å². The van der Waals surface area contributed by atoms with Gasteiger partial charge in [-0.05, 0) is 42.7 Å². The number of carbonyl (C=O) groups is 1. The van der Waals surface area contributed by atoms with Crippen molar-refractivity contribution in [3.05, 3.63) is 54.1 Å². The Kier molecular flexibility index (Phi) is 7.90. The smallest absolute Gasteiger partial charge is 0.226 e. The van der Waals surface area contributed by atoms with Gasteiger partial charge in [-0.2, -0.15) is 0 Å². The number of amides is 1. The number of para-hydroxylation sites is 2. The van der Waals surface area contributed by atoms with Crippen LogP contribution in [0.25, 0.3) is 0 Å². The topological polar surface area (TPSA) is 80.0 Å². The summed E-state index contributed by atoms with van der Waals surface area (Å²) in [4.78, 5) is 18.2. The highest BCUT2D eigenvalue weighted by Gasteiger charge is 2.19. The normalized spacial score (nSPS) is 14.5. The van der Waals surface area contributed by atoms with Gasteiger partial charge in [0.15, 0.2) is 5.96 Å². The number of benzene rings is 2. The fourth-order valence-electron chi connectivity index (χ4n) is 2.96. The summed E-state index contributed by atoms with van der Waals surface area (Å²) in [6, 6.07) is 15.4. The number of nitrogens with zero attached hydrogens (tertiary/aromatic N) is 2. The molecule has 2 aromatic carbocycles. The molecule has 1 heterocycles. The highest BCUT2D eigenvalue weighted by molar-refractivity contribution is 14.0. The molecule has 0 aliphatic carbocycles. The van der Waals surface area contributed by atoms with Crippen LogP contribution >= 0.6 is 24.0 Å². The number of carbonyl (C=O) groups excluding carboxylic acids is 1. The molecule has 0 saturated carbocycles. The van der Waals surface area contributed by atoms with E-state index in [2.05, 4.69) is 10.3 Å². The van der Waals surface area contributed by atoms with Crippen molar-refractivity contribution in [3.63, 3.8) is 0 Å². The lowest BCUT2D eigenvalue weighted by atomic mass is 10.1. The summed E-state index contributed by atoms with van der Waals surface area (Å²) in [6.45, 7) is 1.26. The minimum atomic E-state index is 0. The zero-order valence-electron chi connectivity index (χ0n) is 15.4. The number of anilines is 2. The van der Waals surface area contributed by atoms with Crippen LogP contribution in [0.4, 0.5) is 11.4 Å². The van der Waals surface area contributed by atoms with Crippen LogP contribution in [0.3, 0.4) is 0 Å². The van der Waals surface area contributed by atoms with Gasteiger partial charge in [-0.3, -0.25) is 4.79 Å². The lowest BCUT2D eigenvalue weighted by Crippen LogP contribution is -2.35. The Morgan fingerprint density at radius 2 is 1.93 bits per heavy atom. The van der Waals surface area contributed by atoms with Crippen molar-refractivity contribution in [2.45, 2.75) is 25.8 Å². The molecule has 6 nitrogen and oxygen atoms in total. The summed E-state index contributed by atoms with van der Waals surface area (Å²) in [5, 5.41) is 3.05. The van der Waals surface area contributed by atoms with Crippen LogP contribution in [0.15, 0.2) is 53.5 Å². The molecule has 1 amide bonds. The molecule has 3 rings (SSSR count). The summed E-state index contributed by atoms with van der Waals surface area (Å²) >= 11 is 0. The van der Waals surface area contributed by atoms with Gasteiger partial charge in [0.1, 0.15) is 5.75 Å². The summed E-state index contributed by atoms with van der Waals surface area (Å²) in [7, 11) is 1.61. The number of nitrogens with one attached hydrogen (secondary N) is 1. The zero-order chi connectivity index (χ0) is 18.4. The van der Waals surface area contributed by atoms with Crippen molar-refractivity contribution >= 4 is 47.2 Å². The first-order valence-corrected chi connectivity index (χ1v) is 8.76. The maximum absolute atomic E-state index is 12.0. The molecule has 3 N–H and O–H groups in total. The fourth-order valence-corrected chi connectivity index (χ4v) is 2.96. The molecular weight excluding hydrogens is 455 g/mol. The highest BCUT2D eigenvalue weighted by atomic mass is 127. The van der Waals surface area contributed by atoms with E-state index in [0.717, 1.165) is 36.3 Å². The van der Waals surface area contributed by atoms with E-state index in [0.29, 0.717) is 24.7 Å². The molecule has 0 unspecified atom stereocenters. The number of guanidine groups is 1. The summed E-state index contributed by atoms with van der Waals surface area (Å²) in [6.07, 6.45) is 2.68. The third-order valence-corrected chi connectivity index (χ3v) is 4.37. The number of methoxy groups -OCH3 is 1. The third-order valence-electron chi connectivity index (χ3n) is 4.37. The van der Waals surface area contributed by atoms with Gasteiger partial charge in [-0.25, -0.2) is 4.99 Å². The van der Waals surface area contributed by atoms with E-state index in [9.17, 15) is 4.79 Å². The molecule has 0 bridgehead atoms. The molecule has 1 aliphatic rings. The van der Waals surface area contributed by atoms with Gasteiger partial charge < -0.3 is 20.7 Å². The number of hydrogen-bond donors (Lipinski definition) is 2. The molecular formula is C20H25IN4O2. The van der Waals surface area contributed by atoms with E-state index in [-0.39, 0.29) is 29.9 Å². The van der Waals surface area contributed by atoms with Gasteiger partial charge in [-0.15, -0.1) is 24.0 Å². The van der Waals surface area contributed by atoms with Crippen LogP contribution < -0.4 is 20.7 Å². The Balaban J connectivity index is 0.00000261. The SMILES string of the molecule is COc1ccccc1NC(N)=NCc1ccc(N2CCCCC2=O)cc1.I. The Morgan fingerprint density at radius 3 is 2.63 bits per heavy atom. The van der Waals surface area contributed by atoms with Crippen LogP contribution in [-0.2, 0) is 11.3 Å². The van der Waals surface area contributed by atoms with Crippen molar-refractivity contribution in [2.75, 3.05) is 23.9 Å². The van der Waals surface area contributed by atoms with E-state index in [4.69, 9.17) is 10.5 Å². The first-order chi connectivity index (χ1) is 12.7. The van der Waals surface area contributed by atoms with Crippen LogP contribution in [0.5, 0.6) is 5.75 Å². The standard InChI is InChI=1S/C20H24N4O2.HI/c1-26-18-7-3-2-6-17(18)23-20(21)22-14-15-9-11-16(12-10-15)24-13-5-4-8-19(24)25;/h2-3,6-7,9-12H,4-5,8,13-14H2,1H3,(H3,21,22,23);1H. The van der Waals surface area contributed by atoms with Crippen LogP contribution in [-0.4, -0.2) is 25.5 Å². The second kappa shape index (κ2) is 10.1. The van der Waals surface area contributed by atoms with E-state index >= 15 is 0 Å². The second-order valence-corrected chi connectivity index (χ2v) is 6.20. The molecule has 0 radical (unpaired) electrons. The quantitative estimate of drug-likeness (QED) is 0.388.